The molecule has 1 rings (SSSR count). The summed E-state index contributed by atoms with van der Waals surface area (Å²) >= 11 is 0. The molecule has 0 bridgehead atoms. The van der Waals surface area contributed by atoms with Gasteiger partial charge in [0.1, 0.15) is 5.60 Å². The number of morpholine rings is 1. The molecular formula is C12H21NO5. The lowest BCUT2D eigenvalue weighted by Crippen LogP contribution is -2.50. The van der Waals surface area contributed by atoms with Crippen molar-refractivity contribution < 1.29 is 23.8 Å². The quantitative estimate of drug-likeness (QED) is 0.697. The fourth-order valence-electron chi connectivity index (χ4n) is 1.54. The molecule has 6 heteroatoms. The number of rotatable bonds is 2. The van der Waals surface area contributed by atoms with Gasteiger partial charge in [-0.3, -0.25) is 0 Å². The van der Waals surface area contributed by atoms with E-state index in [0.717, 1.165) is 0 Å². The zero-order chi connectivity index (χ0) is 13.8. The molecule has 1 amide bonds. The zero-order valence-electron chi connectivity index (χ0n) is 11.4. The van der Waals surface area contributed by atoms with E-state index in [1.807, 2.05) is 0 Å². The van der Waals surface area contributed by atoms with E-state index >= 15 is 0 Å². The van der Waals surface area contributed by atoms with Gasteiger partial charge in [-0.05, 0) is 27.7 Å². The SMILES string of the molecule is CCOC(=O)N1CCOC(C(=O)OC(C)(C)C)C1. The van der Waals surface area contributed by atoms with Crippen molar-refractivity contribution >= 4 is 12.1 Å². The molecule has 0 aromatic heterocycles. The van der Waals surface area contributed by atoms with E-state index in [0.29, 0.717) is 19.8 Å². The van der Waals surface area contributed by atoms with Crippen LogP contribution in [0.3, 0.4) is 0 Å². The molecule has 0 aromatic carbocycles. The molecule has 0 saturated carbocycles. The highest BCUT2D eigenvalue weighted by molar-refractivity contribution is 5.77. The predicted molar refractivity (Wildman–Crippen MR) is 64.2 cm³/mol. The van der Waals surface area contributed by atoms with E-state index in [4.69, 9.17) is 14.2 Å². The first-order valence-electron chi connectivity index (χ1n) is 6.09. The number of esters is 1. The van der Waals surface area contributed by atoms with Crippen molar-refractivity contribution in [2.45, 2.75) is 39.4 Å². The van der Waals surface area contributed by atoms with Crippen LogP contribution in [0.5, 0.6) is 0 Å². The van der Waals surface area contributed by atoms with Gasteiger partial charge >= 0.3 is 12.1 Å². The number of ether oxygens (including phenoxy) is 3. The van der Waals surface area contributed by atoms with Gasteiger partial charge in [0.25, 0.3) is 0 Å². The molecule has 0 aromatic rings. The molecule has 1 unspecified atom stereocenters. The van der Waals surface area contributed by atoms with Crippen LogP contribution in [0.25, 0.3) is 0 Å². The Labute approximate surface area is 107 Å². The second-order valence-electron chi connectivity index (χ2n) is 5.04. The zero-order valence-corrected chi connectivity index (χ0v) is 11.4. The van der Waals surface area contributed by atoms with Crippen molar-refractivity contribution in [3.05, 3.63) is 0 Å². The van der Waals surface area contributed by atoms with Gasteiger partial charge in [0.05, 0.1) is 19.8 Å². The smallest absolute Gasteiger partial charge is 0.409 e. The molecule has 0 N–H and O–H groups in total. The number of nitrogens with zero attached hydrogens (tertiary/aromatic N) is 1. The summed E-state index contributed by atoms with van der Waals surface area (Å²) in [5.74, 6) is -0.448. The first-order valence-corrected chi connectivity index (χ1v) is 6.09. The summed E-state index contributed by atoms with van der Waals surface area (Å²) < 4.78 is 15.4. The standard InChI is InChI=1S/C12H21NO5/c1-5-16-11(15)13-6-7-17-9(8-13)10(14)18-12(2,3)4/h9H,5-8H2,1-4H3. The van der Waals surface area contributed by atoms with E-state index in [-0.39, 0.29) is 6.54 Å². The van der Waals surface area contributed by atoms with Gasteiger partial charge in [0.2, 0.25) is 0 Å². The highest BCUT2D eigenvalue weighted by atomic mass is 16.6. The third kappa shape index (κ3) is 4.52. The minimum atomic E-state index is -0.734. The highest BCUT2D eigenvalue weighted by Crippen LogP contribution is 2.13. The average Bonchev–Trinajstić information content (AvgIpc) is 2.27. The molecule has 0 spiro atoms. The van der Waals surface area contributed by atoms with Gasteiger partial charge in [-0.15, -0.1) is 0 Å². The fourth-order valence-corrected chi connectivity index (χ4v) is 1.54. The first-order chi connectivity index (χ1) is 8.33. The molecule has 0 aliphatic carbocycles. The molecule has 6 nitrogen and oxygen atoms in total. The van der Waals surface area contributed by atoms with E-state index in [9.17, 15) is 9.59 Å². The normalized spacial score (nSPS) is 20.4. The third-order valence-corrected chi connectivity index (χ3v) is 2.26. The van der Waals surface area contributed by atoms with Crippen LogP contribution in [0.15, 0.2) is 0 Å². The van der Waals surface area contributed by atoms with E-state index < -0.39 is 23.8 Å². The van der Waals surface area contributed by atoms with Crippen molar-refractivity contribution in [2.24, 2.45) is 0 Å². The molecule has 0 radical (unpaired) electrons. The Morgan fingerprint density at radius 3 is 2.61 bits per heavy atom. The van der Waals surface area contributed by atoms with Crippen LogP contribution in [0, 0.1) is 0 Å². The summed E-state index contributed by atoms with van der Waals surface area (Å²) in [7, 11) is 0. The number of carbonyl (C=O) groups excluding carboxylic acids is 2. The summed E-state index contributed by atoms with van der Waals surface area (Å²) in [5, 5.41) is 0. The Bertz CT molecular complexity index is 310. The number of hydrogen-bond donors (Lipinski definition) is 0. The molecule has 1 aliphatic rings. The van der Waals surface area contributed by atoms with Crippen molar-refractivity contribution in [1.82, 2.24) is 4.90 Å². The summed E-state index contributed by atoms with van der Waals surface area (Å²) in [4.78, 5) is 24.8. The molecule has 18 heavy (non-hydrogen) atoms. The van der Waals surface area contributed by atoms with Crippen molar-refractivity contribution in [2.75, 3.05) is 26.3 Å². The lowest BCUT2D eigenvalue weighted by atomic mass is 10.2. The van der Waals surface area contributed by atoms with Crippen LogP contribution in [0.2, 0.25) is 0 Å². The number of amides is 1. The van der Waals surface area contributed by atoms with Crippen LogP contribution in [0.1, 0.15) is 27.7 Å². The van der Waals surface area contributed by atoms with Gasteiger partial charge in [-0.1, -0.05) is 0 Å². The van der Waals surface area contributed by atoms with Crippen LogP contribution in [-0.4, -0.2) is 55.0 Å². The molecule has 1 aliphatic heterocycles. The summed E-state index contributed by atoms with van der Waals surface area (Å²) in [6.07, 6.45) is -1.16. The van der Waals surface area contributed by atoms with E-state index in [1.165, 1.54) is 4.90 Å². The van der Waals surface area contributed by atoms with E-state index in [2.05, 4.69) is 0 Å². The monoisotopic (exact) mass is 259 g/mol. The third-order valence-electron chi connectivity index (χ3n) is 2.26. The van der Waals surface area contributed by atoms with Gasteiger partial charge in [0, 0.05) is 6.54 Å². The Morgan fingerprint density at radius 2 is 2.06 bits per heavy atom. The molecule has 1 saturated heterocycles. The second-order valence-corrected chi connectivity index (χ2v) is 5.04. The minimum Gasteiger partial charge on any atom is -0.458 e. The van der Waals surface area contributed by atoms with Gasteiger partial charge < -0.3 is 19.1 Å². The topological polar surface area (TPSA) is 65.1 Å². The van der Waals surface area contributed by atoms with Gasteiger partial charge in [-0.25, -0.2) is 9.59 Å². The second kappa shape index (κ2) is 6.04. The van der Waals surface area contributed by atoms with Crippen molar-refractivity contribution in [1.29, 1.82) is 0 Å². The average molecular weight is 259 g/mol. The van der Waals surface area contributed by atoms with Crippen molar-refractivity contribution in [3.63, 3.8) is 0 Å². The molecule has 1 heterocycles. The summed E-state index contributed by atoms with van der Waals surface area (Å²) in [6, 6.07) is 0. The number of hydrogen-bond acceptors (Lipinski definition) is 5. The van der Waals surface area contributed by atoms with Crippen LogP contribution in [-0.2, 0) is 19.0 Å². The Hall–Kier alpha value is -1.30. The Kier molecular flexibility index (Phi) is 4.95. The minimum absolute atomic E-state index is 0.174. The van der Waals surface area contributed by atoms with Gasteiger partial charge in [0.15, 0.2) is 6.10 Å². The molecular weight excluding hydrogens is 238 g/mol. The Balaban J connectivity index is 2.53. The maximum Gasteiger partial charge on any atom is 0.409 e. The Morgan fingerprint density at radius 1 is 1.39 bits per heavy atom. The van der Waals surface area contributed by atoms with Crippen LogP contribution < -0.4 is 0 Å². The lowest BCUT2D eigenvalue weighted by molar-refractivity contribution is -0.173. The number of carbonyl (C=O) groups is 2. The predicted octanol–water partition coefficient (Wildman–Crippen LogP) is 1.19. The molecule has 104 valence electrons. The van der Waals surface area contributed by atoms with E-state index in [1.54, 1.807) is 27.7 Å². The summed E-state index contributed by atoms with van der Waals surface area (Å²) in [5.41, 5.74) is -0.563. The molecule has 1 atom stereocenters. The van der Waals surface area contributed by atoms with Gasteiger partial charge in [-0.2, -0.15) is 0 Å². The largest absolute Gasteiger partial charge is 0.458 e. The van der Waals surface area contributed by atoms with Crippen LogP contribution >= 0.6 is 0 Å². The van der Waals surface area contributed by atoms with Crippen molar-refractivity contribution in [3.8, 4) is 0 Å². The maximum atomic E-state index is 11.8. The van der Waals surface area contributed by atoms with Crippen LogP contribution in [0.4, 0.5) is 4.79 Å². The maximum absolute atomic E-state index is 11.8. The first kappa shape index (κ1) is 14.8. The highest BCUT2D eigenvalue weighted by Gasteiger charge is 2.32. The lowest BCUT2D eigenvalue weighted by Gasteiger charge is -2.32. The summed E-state index contributed by atoms with van der Waals surface area (Å²) in [6.45, 7) is 8.33. The fraction of sp³-hybridized carbons (Fsp3) is 0.833. The molecule has 1 fully saturated rings.